The summed E-state index contributed by atoms with van der Waals surface area (Å²) >= 11 is 1.06. The van der Waals surface area contributed by atoms with E-state index in [4.69, 9.17) is 5.11 Å². The van der Waals surface area contributed by atoms with E-state index in [0.717, 1.165) is 22.0 Å². The highest BCUT2D eigenvalue weighted by atomic mass is 32.2. The van der Waals surface area contributed by atoms with Crippen LogP contribution < -0.4 is 10.0 Å². The van der Waals surface area contributed by atoms with Crippen molar-refractivity contribution in [2.24, 2.45) is 5.92 Å². The van der Waals surface area contributed by atoms with E-state index in [1.165, 1.54) is 6.07 Å². The highest BCUT2D eigenvalue weighted by Crippen LogP contribution is 2.37. The molecule has 0 radical (unpaired) electrons. The number of aromatic nitrogens is 2. The summed E-state index contributed by atoms with van der Waals surface area (Å²) in [5.74, 6) is 0.859. The third kappa shape index (κ3) is 6.68. The highest BCUT2D eigenvalue weighted by Gasteiger charge is 2.26. The Morgan fingerprint density at radius 2 is 1.97 bits per heavy atom. The van der Waals surface area contributed by atoms with Crippen LogP contribution >= 0.6 is 11.3 Å². The largest absolute Gasteiger partial charge is 0.395 e. The van der Waals surface area contributed by atoms with Crippen LogP contribution in [0.4, 0.5) is 9.18 Å². The van der Waals surface area contributed by atoms with Crippen molar-refractivity contribution in [1.29, 1.82) is 0 Å². The van der Waals surface area contributed by atoms with Crippen molar-refractivity contribution in [3.05, 3.63) is 58.7 Å². The van der Waals surface area contributed by atoms with Gasteiger partial charge in [-0.3, -0.25) is 0 Å². The minimum atomic E-state index is -4.22. The number of aliphatic hydroxyl groups excluding tert-OH is 1. The Balaban J connectivity index is 1.97. The second-order valence-corrected chi connectivity index (χ2v) is 12.0. The monoisotopic (exact) mass is 522 g/mol. The Morgan fingerprint density at radius 3 is 2.60 bits per heavy atom. The molecule has 0 unspecified atom stereocenters. The standard InChI is InChI=1S/C24H31FN4O4S2/c1-15(2)11-19-13-20(23(34-19)35(32,33)28-24(31)27-8-10-30)17-5-6-18(21(25)12-17)14-29-9-7-26-22(29)16(3)4/h5-7,9,12-13,15-16,30H,8,10-11,14H2,1-4H3,(H2,27,28,31). The summed E-state index contributed by atoms with van der Waals surface area (Å²) < 4.78 is 45.0. The molecule has 2 heterocycles. The average molecular weight is 523 g/mol. The molecular formula is C24H31FN4O4S2. The number of carbonyl (C=O) groups excluding carboxylic acids is 1. The zero-order valence-electron chi connectivity index (χ0n) is 20.2. The summed E-state index contributed by atoms with van der Waals surface area (Å²) in [7, 11) is -4.22. The number of nitrogens with one attached hydrogen (secondary N) is 2. The number of aliphatic hydroxyl groups is 1. The van der Waals surface area contributed by atoms with E-state index < -0.39 is 21.9 Å². The van der Waals surface area contributed by atoms with Gasteiger partial charge in [0, 0.05) is 40.9 Å². The van der Waals surface area contributed by atoms with Gasteiger partial charge in [-0.2, -0.15) is 0 Å². The smallest absolute Gasteiger partial charge is 0.328 e. The molecule has 2 amide bonds. The lowest BCUT2D eigenvalue weighted by Crippen LogP contribution is -2.40. The second kappa shape index (κ2) is 11.3. The first-order valence-electron chi connectivity index (χ1n) is 11.4. The van der Waals surface area contributed by atoms with Crippen molar-refractivity contribution in [3.8, 4) is 11.1 Å². The molecule has 0 spiro atoms. The molecule has 3 aromatic rings. The van der Waals surface area contributed by atoms with Crippen LogP contribution in [0.15, 0.2) is 40.9 Å². The molecule has 35 heavy (non-hydrogen) atoms. The number of rotatable bonds is 10. The number of urea groups is 1. The number of hydrogen-bond acceptors (Lipinski definition) is 6. The molecule has 3 N–H and O–H groups in total. The molecule has 8 nitrogen and oxygen atoms in total. The van der Waals surface area contributed by atoms with Crippen molar-refractivity contribution in [2.75, 3.05) is 13.2 Å². The summed E-state index contributed by atoms with van der Waals surface area (Å²) in [6.45, 7) is 7.97. The number of thiophene rings is 1. The second-order valence-electron chi connectivity index (χ2n) is 8.97. The fourth-order valence-electron chi connectivity index (χ4n) is 3.68. The maximum absolute atomic E-state index is 15.2. The van der Waals surface area contributed by atoms with Crippen LogP contribution in [0.25, 0.3) is 11.1 Å². The lowest BCUT2D eigenvalue weighted by Gasteiger charge is -2.12. The Morgan fingerprint density at radius 1 is 1.23 bits per heavy atom. The van der Waals surface area contributed by atoms with Gasteiger partial charge in [-0.25, -0.2) is 27.3 Å². The lowest BCUT2D eigenvalue weighted by atomic mass is 10.0. The van der Waals surface area contributed by atoms with Gasteiger partial charge >= 0.3 is 6.03 Å². The van der Waals surface area contributed by atoms with Gasteiger partial charge < -0.3 is 15.0 Å². The van der Waals surface area contributed by atoms with E-state index in [1.54, 1.807) is 30.6 Å². The van der Waals surface area contributed by atoms with Crippen LogP contribution in [0.3, 0.4) is 0 Å². The van der Waals surface area contributed by atoms with Gasteiger partial charge in [0.1, 0.15) is 15.9 Å². The number of halogens is 1. The summed E-state index contributed by atoms with van der Waals surface area (Å²) in [6, 6.07) is 5.47. The van der Waals surface area contributed by atoms with Crippen LogP contribution in [0.2, 0.25) is 0 Å². The molecule has 0 saturated heterocycles. The predicted molar refractivity (Wildman–Crippen MR) is 134 cm³/mol. The van der Waals surface area contributed by atoms with Gasteiger partial charge in [-0.1, -0.05) is 39.8 Å². The molecule has 0 saturated carbocycles. The van der Waals surface area contributed by atoms with Crippen molar-refractivity contribution in [3.63, 3.8) is 0 Å². The lowest BCUT2D eigenvalue weighted by molar-refractivity contribution is 0.239. The quantitative estimate of drug-likeness (QED) is 0.371. The first kappa shape index (κ1) is 26.8. The number of sulfonamides is 1. The molecule has 0 fully saturated rings. The number of benzene rings is 1. The van der Waals surface area contributed by atoms with E-state index >= 15 is 4.39 Å². The van der Waals surface area contributed by atoms with E-state index in [-0.39, 0.29) is 29.2 Å². The van der Waals surface area contributed by atoms with Crippen LogP contribution in [0, 0.1) is 11.7 Å². The zero-order chi connectivity index (χ0) is 25.8. The summed E-state index contributed by atoms with van der Waals surface area (Å²) in [5.41, 5.74) is 1.20. The normalized spacial score (nSPS) is 11.9. The molecule has 0 aliphatic rings. The Hall–Kier alpha value is -2.76. The van der Waals surface area contributed by atoms with Crippen LogP contribution in [-0.2, 0) is 23.0 Å². The molecule has 190 valence electrons. The summed E-state index contributed by atoms with van der Waals surface area (Å²) in [6.07, 6.45) is 4.13. The Kier molecular flexibility index (Phi) is 8.68. The fourth-order valence-corrected chi connectivity index (χ4v) is 6.56. The van der Waals surface area contributed by atoms with Gasteiger partial charge in [0.25, 0.3) is 10.0 Å². The molecule has 1 aromatic carbocycles. The Labute approximate surface area is 209 Å². The molecule has 11 heteroatoms. The molecule has 0 bridgehead atoms. The van der Waals surface area contributed by atoms with Crippen molar-refractivity contribution in [1.82, 2.24) is 19.6 Å². The molecule has 0 aliphatic carbocycles. The number of amides is 2. The third-order valence-electron chi connectivity index (χ3n) is 5.20. The average Bonchev–Trinajstić information content (AvgIpc) is 3.40. The van der Waals surface area contributed by atoms with E-state index in [9.17, 15) is 13.2 Å². The first-order chi connectivity index (χ1) is 16.5. The highest BCUT2D eigenvalue weighted by molar-refractivity contribution is 7.92. The van der Waals surface area contributed by atoms with E-state index in [2.05, 4.69) is 10.3 Å². The van der Waals surface area contributed by atoms with Crippen molar-refractivity contribution >= 4 is 27.4 Å². The zero-order valence-corrected chi connectivity index (χ0v) is 21.8. The van der Waals surface area contributed by atoms with Gasteiger partial charge in [0.05, 0.1) is 13.2 Å². The van der Waals surface area contributed by atoms with Crippen LogP contribution in [0.5, 0.6) is 0 Å². The maximum atomic E-state index is 15.2. The van der Waals surface area contributed by atoms with Crippen molar-refractivity contribution < 1.29 is 22.7 Å². The van der Waals surface area contributed by atoms with Crippen LogP contribution in [-0.4, -0.2) is 42.3 Å². The van der Waals surface area contributed by atoms with E-state index in [0.29, 0.717) is 29.7 Å². The summed E-state index contributed by atoms with van der Waals surface area (Å²) in [4.78, 5) is 17.1. The Bertz CT molecular complexity index is 1280. The minimum Gasteiger partial charge on any atom is -0.395 e. The predicted octanol–water partition coefficient (Wildman–Crippen LogP) is 4.10. The molecule has 0 atom stereocenters. The molecule has 2 aromatic heterocycles. The molecule has 3 rings (SSSR count). The van der Waals surface area contributed by atoms with Crippen molar-refractivity contribution in [2.45, 2.75) is 50.8 Å². The van der Waals surface area contributed by atoms with Gasteiger partial charge in [-0.05, 0) is 30.0 Å². The van der Waals surface area contributed by atoms with Gasteiger partial charge in [0.2, 0.25) is 0 Å². The summed E-state index contributed by atoms with van der Waals surface area (Å²) in [5, 5.41) is 11.1. The van der Waals surface area contributed by atoms with Gasteiger partial charge in [0.15, 0.2) is 0 Å². The van der Waals surface area contributed by atoms with E-state index in [1.807, 2.05) is 37.0 Å². The number of carbonyl (C=O) groups is 1. The third-order valence-corrected chi connectivity index (χ3v) is 8.22. The number of hydrogen-bond donors (Lipinski definition) is 3. The molecular weight excluding hydrogens is 491 g/mol. The maximum Gasteiger partial charge on any atom is 0.328 e. The number of imidazole rings is 1. The minimum absolute atomic E-state index is 0.0591. The topological polar surface area (TPSA) is 113 Å². The molecule has 0 aliphatic heterocycles. The first-order valence-corrected chi connectivity index (χ1v) is 13.7. The number of nitrogens with zero attached hydrogens (tertiary/aromatic N) is 2. The van der Waals surface area contributed by atoms with Gasteiger partial charge in [-0.15, -0.1) is 11.3 Å². The van der Waals surface area contributed by atoms with Crippen LogP contribution in [0.1, 0.15) is 49.9 Å². The SMILES string of the molecule is CC(C)Cc1cc(-c2ccc(Cn3ccnc3C(C)C)c(F)c2)c(S(=O)(=O)NC(=O)NCCO)s1. The fraction of sp³-hybridized carbons (Fsp3) is 0.417.